The molecule has 4 heteroatoms. The van der Waals surface area contributed by atoms with Crippen LogP contribution in [0, 0.1) is 12.8 Å². The van der Waals surface area contributed by atoms with Gasteiger partial charge in [0.1, 0.15) is 0 Å². The van der Waals surface area contributed by atoms with Gasteiger partial charge in [0.15, 0.2) is 0 Å². The molecule has 1 atom stereocenters. The Hall–Kier alpha value is -1.03. The van der Waals surface area contributed by atoms with E-state index in [1.54, 1.807) is 0 Å². The van der Waals surface area contributed by atoms with Crippen molar-refractivity contribution in [2.45, 2.75) is 45.1 Å². The second-order valence-electron chi connectivity index (χ2n) is 6.18. The van der Waals surface area contributed by atoms with E-state index in [-0.39, 0.29) is 0 Å². The van der Waals surface area contributed by atoms with Gasteiger partial charge in [-0.3, -0.25) is 4.68 Å². The number of aromatic nitrogens is 2. The molecule has 106 valence electrons. The molecule has 3 rings (SSSR count). The monoisotopic (exact) mass is 262 g/mol. The number of rotatable bonds is 2. The van der Waals surface area contributed by atoms with Gasteiger partial charge in [0, 0.05) is 38.9 Å². The zero-order chi connectivity index (χ0) is 13.2. The first kappa shape index (κ1) is 13.0. The van der Waals surface area contributed by atoms with Crippen LogP contribution in [0.25, 0.3) is 0 Å². The van der Waals surface area contributed by atoms with Crippen molar-refractivity contribution >= 4 is 5.69 Å². The van der Waals surface area contributed by atoms with Crippen LogP contribution < -0.4 is 10.2 Å². The third-order valence-corrected chi connectivity index (χ3v) is 4.75. The average molecular weight is 262 g/mol. The van der Waals surface area contributed by atoms with Crippen LogP contribution >= 0.6 is 0 Å². The molecule has 1 aromatic rings. The maximum Gasteiger partial charge on any atom is 0.0827 e. The highest BCUT2D eigenvalue weighted by Gasteiger charge is 2.28. The van der Waals surface area contributed by atoms with Crippen molar-refractivity contribution in [2.75, 3.05) is 24.5 Å². The van der Waals surface area contributed by atoms with Gasteiger partial charge in [-0.1, -0.05) is 19.3 Å². The van der Waals surface area contributed by atoms with Crippen LogP contribution in [0.3, 0.4) is 0 Å². The summed E-state index contributed by atoms with van der Waals surface area (Å²) < 4.78 is 1.93. The third-order valence-electron chi connectivity index (χ3n) is 4.75. The van der Waals surface area contributed by atoms with E-state index in [1.807, 2.05) is 11.7 Å². The molecule has 1 aliphatic carbocycles. The van der Waals surface area contributed by atoms with Crippen molar-refractivity contribution in [3.8, 4) is 0 Å². The van der Waals surface area contributed by atoms with E-state index in [9.17, 15) is 0 Å². The molecule has 1 N–H and O–H groups in total. The summed E-state index contributed by atoms with van der Waals surface area (Å²) in [6.07, 6.45) is 9.28. The van der Waals surface area contributed by atoms with E-state index in [0.717, 1.165) is 31.2 Å². The Morgan fingerprint density at radius 2 is 2.05 bits per heavy atom. The van der Waals surface area contributed by atoms with E-state index in [1.165, 1.54) is 37.8 Å². The first-order valence-electron chi connectivity index (χ1n) is 7.72. The maximum atomic E-state index is 4.48. The fourth-order valence-electron chi connectivity index (χ4n) is 3.75. The molecule has 1 saturated carbocycles. The summed E-state index contributed by atoms with van der Waals surface area (Å²) in [6.45, 7) is 5.48. The van der Waals surface area contributed by atoms with Gasteiger partial charge in [-0.05, 0) is 25.7 Å². The van der Waals surface area contributed by atoms with E-state index in [0.29, 0.717) is 6.04 Å². The van der Waals surface area contributed by atoms with Gasteiger partial charge in [0.05, 0.1) is 11.4 Å². The fourth-order valence-corrected chi connectivity index (χ4v) is 3.75. The second kappa shape index (κ2) is 5.53. The number of hydrogen-bond donors (Lipinski definition) is 1. The van der Waals surface area contributed by atoms with E-state index >= 15 is 0 Å². The molecule has 4 nitrogen and oxygen atoms in total. The highest BCUT2D eigenvalue weighted by molar-refractivity contribution is 5.49. The summed E-state index contributed by atoms with van der Waals surface area (Å²) >= 11 is 0. The van der Waals surface area contributed by atoms with Gasteiger partial charge in [0.25, 0.3) is 0 Å². The Morgan fingerprint density at radius 1 is 1.26 bits per heavy atom. The molecule has 19 heavy (non-hydrogen) atoms. The summed E-state index contributed by atoms with van der Waals surface area (Å²) in [7, 11) is 2.01. The largest absolute Gasteiger partial charge is 0.366 e. The number of piperazine rings is 1. The normalized spacial score (nSPS) is 25.8. The molecular weight excluding hydrogens is 236 g/mol. The van der Waals surface area contributed by atoms with Crippen LogP contribution in [-0.4, -0.2) is 35.5 Å². The summed E-state index contributed by atoms with van der Waals surface area (Å²) in [6, 6.07) is 0.675. The Labute approximate surface area is 116 Å². The summed E-state index contributed by atoms with van der Waals surface area (Å²) in [5.41, 5.74) is 2.48. The smallest absolute Gasteiger partial charge is 0.0827 e. The lowest BCUT2D eigenvalue weighted by molar-refractivity contribution is 0.257. The van der Waals surface area contributed by atoms with Crippen LogP contribution in [0.2, 0.25) is 0 Å². The van der Waals surface area contributed by atoms with Crippen molar-refractivity contribution in [2.24, 2.45) is 13.0 Å². The molecule has 1 unspecified atom stereocenters. The number of aryl methyl sites for hydroxylation is 2. The number of nitrogens with zero attached hydrogens (tertiary/aromatic N) is 3. The first-order valence-corrected chi connectivity index (χ1v) is 7.72. The summed E-state index contributed by atoms with van der Waals surface area (Å²) in [4.78, 5) is 2.53. The minimum atomic E-state index is 0.675. The molecule has 0 spiro atoms. The van der Waals surface area contributed by atoms with Gasteiger partial charge in [-0.25, -0.2) is 0 Å². The Morgan fingerprint density at radius 3 is 2.74 bits per heavy atom. The third kappa shape index (κ3) is 2.78. The number of anilines is 1. The predicted octanol–water partition coefficient (Wildman–Crippen LogP) is 2.09. The lowest BCUT2D eigenvalue weighted by Gasteiger charge is -2.40. The molecular formula is C15H26N4. The minimum absolute atomic E-state index is 0.675. The SMILES string of the molecule is Cc1nn(C)cc1N1CCNC(C2CCCCC2)C1. The van der Waals surface area contributed by atoms with Crippen molar-refractivity contribution in [1.29, 1.82) is 0 Å². The fraction of sp³-hybridized carbons (Fsp3) is 0.800. The van der Waals surface area contributed by atoms with Crippen LogP contribution in [-0.2, 0) is 7.05 Å². The molecule has 1 aliphatic heterocycles. The average Bonchev–Trinajstić information content (AvgIpc) is 2.79. The first-order chi connectivity index (χ1) is 9.24. The van der Waals surface area contributed by atoms with Crippen molar-refractivity contribution in [1.82, 2.24) is 15.1 Å². The number of hydrogen-bond acceptors (Lipinski definition) is 3. The molecule has 0 amide bonds. The topological polar surface area (TPSA) is 33.1 Å². The van der Waals surface area contributed by atoms with Gasteiger partial charge < -0.3 is 10.2 Å². The molecule has 0 aromatic carbocycles. The highest BCUT2D eigenvalue weighted by atomic mass is 15.3. The maximum absolute atomic E-state index is 4.48. The number of nitrogens with one attached hydrogen (secondary N) is 1. The van der Waals surface area contributed by atoms with E-state index < -0.39 is 0 Å². The minimum Gasteiger partial charge on any atom is -0.366 e. The second-order valence-corrected chi connectivity index (χ2v) is 6.18. The van der Waals surface area contributed by atoms with Crippen molar-refractivity contribution in [3.63, 3.8) is 0 Å². The molecule has 1 aromatic heterocycles. The zero-order valence-corrected chi connectivity index (χ0v) is 12.2. The summed E-state index contributed by atoms with van der Waals surface area (Å²) in [5.74, 6) is 0.883. The zero-order valence-electron chi connectivity index (χ0n) is 12.2. The standard InChI is InChI=1S/C15H26N4/c1-12-15(11-18(2)17-12)19-9-8-16-14(10-19)13-6-4-3-5-7-13/h11,13-14,16H,3-10H2,1-2H3. The molecule has 0 bridgehead atoms. The Balaban J connectivity index is 1.69. The summed E-state index contributed by atoms with van der Waals surface area (Å²) in [5, 5.41) is 8.22. The van der Waals surface area contributed by atoms with E-state index in [4.69, 9.17) is 0 Å². The molecule has 1 saturated heterocycles. The molecule has 2 fully saturated rings. The molecule has 2 heterocycles. The molecule has 0 radical (unpaired) electrons. The lowest BCUT2D eigenvalue weighted by Crippen LogP contribution is -2.54. The van der Waals surface area contributed by atoms with Crippen LogP contribution in [0.15, 0.2) is 6.20 Å². The van der Waals surface area contributed by atoms with Crippen molar-refractivity contribution in [3.05, 3.63) is 11.9 Å². The van der Waals surface area contributed by atoms with Gasteiger partial charge in [0.2, 0.25) is 0 Å². The van der Waals surface area contributed by atoms with Gasteiger partial charge in [-0.2, -0.15) is 5.10 Å². The Bertz CT molecular complexity index is 420. The van der Waals surface area contributed by atoms with Crippen LogP contribution in [0.5, 0.6) is 0 Å². The van der Waals surface area contributed by atoms with Gasteiger partial charge >= 0.3 is 0 Å². The van der Waals surface area contributed by atoms with Crippen molar-refractivity contribution < 1.29 is 0 Å². The molecule has 2 aliphatic rings. The van der Waals surface area contributed by atoms with Crippen LogP contribution in [0.1, 0.15) is 37.8 Å². The predicted molar refractivity (Wildman–Crippen MR) is 78.5 cm³/mol. The Kier molecular flexibility index (Phi) is 3.78. The quantitative estimate of drug-likeness (QED) is 0.886. The lowest BCUT2D eigenvalue weighted by atomic mass is 9.83. The van der Waals surface area contributed by atoms with Gasteiger partial charge in [-0.15, -0.1) is 0 Å². The highest BCUT2D eigenvalue weighted by Crippen LogP contribution is 2.29. The van der Waals surface area contributed by atoms with E-state index in [2.05, 4.69) is 28.4 Å². The van der Waals surface area contributed by atoms with Crippen LogP contribution in [0.4, 0.5) is 5.69 Å².